The van der Waals surface area contributed by atoms with Crippen LogP contribution in [0.5, 0.6) is 0 Å². The molecule has 0 bridgehead atoms. The van der Waals surface area contributed by atoms with Gasteiger partial charge in [-0.25, -0.2) is 0 Å². The minimum absolute atomic E-state index is 0.924. The third-order valence-corrected chi connectivity index (χ3v) is 7.42. The van der Waals surface area contributed by atoms with E-state index < -0.39 is 0 Å². The minimum Gasteiger partial charge on any atom is -0.455 e. The second-order valence-corrected chi connectivity index (χ2v) is 9.42. The Morgan fingerprint density at radius 2 is 1.28 bits per heavy atom. The number of benzene rings is 6. The van der Waals surface area contributed by atoms with E-state index >= 15 is 0 Å². The molecule has 0 radical (unpaired) electrons. The first-order chi connectivity index (χ1) is 17.8. The molecule has 0 unspecified atom stereocenters. The first-order valence-corrected chi connectivity index (χ1v) is 12.3. The highest BCUT2D eigenvalue weighted by Gasteiger charge is 2.17. The third-order valence-electron chi connectivity index (χ3n) is 7.42. The molecule has 0 saturated carbocycles. The van der Waals surface area contributed by atoms with Gasteiger partial charge in [0.15, 0.2) is 0 Å². The van der Waals surface area contributed by atoms with Crippen molar-refractivity contribution in [3.8, 4) is 22.3 Å². The summed E-state index contributed by atoms with van der Waals surface area (Å²) in [6, 6.07) is 43.0. The molecule has 2 aromatic heterocycles. The number of aromatic nitrogens is 1. The van der Waals surface area contributed by atoms with Gasteiger partial charge in [-0.05, 0) is 40.1 Å². The molecule has 8 aromatic rings. The second kappa shape index (κ2) is 7.34. The lowest BCUT2D eigenvalue weighted by Crippen LogP contribution is -1.81. The maximum absolute atomic E-state index is 6.53. The Balaban J connectivity index is 1.40. The normalized spacial score (nSPS) is 11.9. The number of hydrogen-bond donors (Lipinski definition) is 1. The summed E-state index contributed by atoms with van der Waals surface area (Å²) >= 11 is 0. The van der Waals surface area contributed by atoms with Gasteiger partial charge in [0.1, 0.15) is 11.2 Å². The summed E-state index contributed by atoms with van der Waals surface area (Å²) in [7, 11) is 0. The molecule has 2 nitrogen and oxygen atoms in total. The number of para-hydroxylation sites is 2. The summed E-state index contributed by atoms with van der Waals surface area (Å²) in [5, 5.41) is 7.24. The standard InChI is InChI=1S/C34H21NO/c1-2-8-21(9-3-1)23-16-18-30-29(20-23)26-13-6-12-25(33(26)35-30)27-14-7-15-28-32-24-11-5-4-10-22(24)17-19-31(32)36-34(27)28/h1-20,35H. The molecule has 1 N–H and O–H groups in total. The van der Waals surface area contributed by atoms with Gasteiger partial charge in [-0.15, -0.1) is 0 Å². The van der Waals surface area contributed by atoms with Gasteiger partial charge in [-0.1, -0.05) is 103 Å². The molecule has 0 atom stereocenters. The predicted octanol–water partition coefficient (Wildman–Crippen LogP) is 9.71. The number of H-pyrrole nitrogens is 1. The van der Waals surface area contributed by atoms with Gasteiger partial charge in [-0.2, -0.15) is 0 Å². The van der Waals surface area contributed by atoms with Crippen molar-refractivity contribution < 1.29 is 4.42 Å². The van der Waals surface area contributed by atoms with E-state index in [2.05, 4.69) is 126 Å². The smallest absolute Gasteiger partial charge is 0.143 e. The Hall–Kier alpha value is -4.82. The van der Waals surface area contributed by atoms with Gasteiger partial charge in [0.05, 0.1) is 5.52 Å². The molecule has 0 aliphatic carbocycles. The highest BCUT2D eigenvalue weighted by molar-refractivity contribution is 6.22. The van der Waals surface area contributed by atoms with E-state index in [9.17, 15) is 0 Å². The predicted molar refractivity (Wildman–Crippen MR) is 151 cm³/mol. The summed E-state index contributed by atoms with van der Waals surface area (Å²) in [4.78, 5) is 3.71. The first-order valence-electron chi connectivity index (χ1n) is 12.3. The van der Waals surface area contributed by atoms with E-state index in [0.717, 1.165) is 38.7 Å². The number of furan rings is 1. The summed E-state index contributed by atoms with van der Waals surface area (Å²) in [6.07, 6.45) is 0. The summed E-state index contributed by atoms with van der Waals surface area (Å²) in [6.45, 7) is 0. The number of rotatable bonds is 2. The second-order valence-electron chi connectivity index (χ2n) is 9.42. The van der Waals surface area contributed by atoms with Crippen molar-refractivity contribution in [3.05, 3.63) is 121 Å². The summed E-state index contributed by atoms with van der Waals surface area (Å²) in [5.41, 5.74) is 8.83. The van der Waals surface area contributed by atoms with Crippen LogP contribution in [-0.4, -0.2) is 4.98 Å². The molecule has 36 heavy (non-hydrogen) atoms. The quantitative estimate of drug-likeness (QED) is 0.274. The highest BCUT2D eigenvalue weighted by Crippen LogP contribution is 2.42. The van der Waals surface area contributed by atoms with Gasteiger partial charge in [-0.3, -0.25) is 0 Å². The Kier molecular flexibility index (Phi) is 3.97. The SMILES string of the molecule is c1ccc(-c2ccc3[nH]c4c(-c5cccc6c5oc5ccc7ccccc7c56)cccc4c3c2)cc1. The van der Waals surface area contributed by atoms with E-state index in [0.29, 0.717) is 0 Å². The van der Waals surface area contributed by atoms with Crippen molar-refractivity contribution >= 4 is 54.5 Å². The lowest BCUT2D eigenvalue weighted by atomic mass is 9.98. The zero-order valence-electron chi connectivity index (χ0n) is 19.5. The van der Waals surface area contributed by atoms with Crippen LogP contribution in [0.15, 0.2) is 126 Å². The molecule has 8 rings (SSSR count). The van der Waals surface area contributed by atoms with Crippen LogP contribution in [0.2, 0.25) is 0 Å². The largest absolute Gasteiger partial charge is 0.455 e. The van der Waals surface area contributed by atoms with Gasteiger partial charge in [0, 0.05) is 38.2 Å². The van der Waals surface area contributed by atoms with Crippen molar-refractivity contribution in [3.63, 3.8) is 0 Å². The van der Waals surface area contributed by atoms with Crippen molar-refractivity contribution in [1.29, 1.82) is 0 Å². The fourth-order valence-electron chi connectivity index (χ4n) is 5.74. The van der Waals surface area contributed by atoms with Crippen LogP contribution < -0.4 is 0 Å². The van der Waals surface area contributed by atoms with E-state index in [1.165, 1.54) is 38.1 Å². The van der Waals surface area contributed by atoms with Crippen molar-refractivity contribution in [2.24, 2.45) is 0 Å². The molecule has 0 saturated heterocycles. The molecule has 168 valence electrons. The van der Waals surface area contributed by atoms with E-state index in [4.69, 9.17) is 4.42 Å². The maximum Gasteiger partial charge on any atom is 0.143 e. The van der Waals surface area contributed by atoms with Crippen LogP contribution in [0.25, 0.3) is 76.8 Å². The molecule has 2 heterocycles. The van der Waals surface area contributed by atoms with Crippen molar-refractivity contribution in [2.45, 2.75) is 0 Å². The van der Waals surface area contributed by atoms with Gasteiger partial charge in [0.25, 0.3) is 0 Å². The average Bonchev–Trinajstić information content (AvgIpc) is 3.52. The number of aromatic amines is 1. The Morgan fingerprint density at radius 1 is 0.500 bits per heavy atom. The van der Waals surface area contributed by atoms with Gasteiger partial charge in [0.2, 0.25) is 0 Å². The monoisotopic (exact) mass is 459 g/mol. The zero-order chi connectivity index (χ0) is 23.6. The fourth-order valence-corrected chi connectivity index (χ4v) is 5.74. The maximum atomic E-state index is 6.53. The van der Waals surface area contributed by atoms with Crippen LogP contribution in [0, 0.1) is 0 Å². The van der Waals surface area contributed by atoms with E-state index in [1.807, 2.05) is 0 Å². The van der Waals surface area contributed by atoms with Crippen molar-refractivity contribution in [2.75, 3.05) is 0 Å². The van der Waals surface area contributed by atoms with E-state index in [-0.39, 0.29) is 0 Å². The molecule has 2 heteroatoms. The third kappa shape index (κ3) is 2.73. The molecule has 0 aliphatic rings. The lowest BCUT2D eigenvalue weighted by molar-refractivity contribution is 0.670. The van der Waals surface area contributed by atoms with Crippen LogP contribution in [-0.2, 0) is 0 Å². The zero-order valence-corrected chi connectivity index (χ0v) is 19.5. The van der Waals surface area contributed by atoms with Gasteiger partial charge < -0.3 is 9.40 Å². The number of fused-ring (bicyclic) bond motifs is 8. The number of hydrogen-bond acceptors (Lipinski definition) is 1. The summed E-state index contributed by atoms with van der Waals surface area (Å²) < 4.78 is 6.53. The Bertz CT molecular complexity index is 2090. The molecular weight excluding hydrogens is 438 g/mol. The summed E-state index contributed by atoms with van der Waals surface area (Å²) in [5.74, 6) is 0. The molecule has 0 amide bonds. The fraction of sp³-hybridized carbons (Fsp3) is 0. The molecule has 0 fully saturated rings. The first kappa shape index (κ1) is 19.5. The average molecular weight is 460 g/mol. The Morgan fingerprint density at radius 3 is 2.19 bits per heavy atom. The molecule has 0 aliphatic heterocycles. The van der Waals surface area contributed by atoms with Crippen LogP contribution in [0.1, 0.15) is 0 Å². The van der Waals surface area contributed by atoms with E-state index in [1.54, 1.807) is 0 Å². The Labute approximate surface area is 207 Å². The van der Waals surface area contributed by atoms with Crippen LogP contribution in [0.3, 0.4) is 0 Å². The van der Waals surface area contributed by atoms with Crippen LogP contribution >= 0.6 is 0 Å². The highest BCUT2D eigenvalue weighted by atomic mass is 16.3. The lowest BCUT2D eigenvalue weighted by Gasteiger charge is -2.05. The topological polar surface area (TPSA) is 28.9 Å². The molecule has 6 aromatic carbocycles. The number of nitrogens with one attached hydrogen (secondary N) is 1. The molecule has 0 spiro atoms. The minimum atomic E-state index is 0.924. The van der Waals surface area contributed by atoms with Gasteiger partial charge >= 0.3 is 0 Å². The van der Waals surface area contributed by atoms with Crippen LogP contribution in [0.4, 0.5) is 0 Å². The van der Waals surface area contributed by atoms with Crippen molar-refractivity contribution in [1.82, 2.24) is 4.98 Å². The molecular formula is C34H21NO.